The van der Waals surface area contributed by atoms with Gasteiger partial charge in [-0.2, -0.15) is 0 Å². The van der Waals surface area contributed by atoms with E-state index in [-0.39, 0.29) is 13.2 Å². The molecule has 0 aliphatic rings. The van der Waals surface area contributed by atoms with Crippen molar-refractivity contribution in [3.63, 3.8) is 0 Å². The van der Waals surface area contributed by atoms with Crippen LogP contribution in [0.2, 0.25) is 0 Å². The summed E-state index contributed by atoms with van der Waals surface area (Å²) in [5.41, 5.74) is 2.66. The summed E-state index contributed by atoms with van der Waals surface area (Å²) in [6.07, 6.45) is 1.93. The fourth-order valence-corrected chi connectivity index (χ4v) is 2.74. The summed E-state index contributed by atoms with van der Waals surface area (Å²) in [5.74, 6) is 2.21. The van der Waals surface area contributed by atoms with E-state index in [9.17, 15) is 0 Å². The molecule has 1 aromatic heterocycles. The third-order valence-corrected chi connectivity index (χ3v) is 4.15. The van der Waals surface area contributed by atoms with E-state index in [1.165, 1.54) is 11.8 Å². The molecule has 2 aromatic carbocycles. The fourth-order valence-electron chi connectivity index (χ4n) is 2.39. The fraction of sp³-hybridized carbons (Fsp3) is 0.211. The first kappa shape index (κ1) is 17.4. The van der Waals surface area contributed by atoms with Gasteiger partial charge < -0.3 is 19.0 Å². The van der Waals surface area contributed by atoms with Crippen LogP contribution < -0.4 is 9.47 Å². The van der Waals surface area contributed by atoms with Crippen molar-refractivity contribution in [1.82, 2.24) is 4.98 Å². The second kappa shape index (κ2) is 8.09. The second-order valence-electron chi connectivity index (χ2n) is 5.19. The number of aliphatic hydroxyl groups is 1. The van der Waals surface area contributed by atoms with Crippen molar-refractivity contribution < 1.29 is 19.0 Å². The molecule has 0 aliphatic heterocycles. The monoisotopic (exact) mass is 357 g/mol. The van der Waals surface area contributed by atoms with Gasteiger partial charge in [0.25, 0.3) is 5.22 Å². The largest absolute Gasteiger partial charge is 0.497 e. The van der Waals surface area contributed by atoms with E-state index < -0.39 is 0 Å². The van der Waals surface area contributed by atoms with Gasteiger partial charge in [0.05, 0.1) is 13.7 Å². The van der Waals surface area contributed by atoms with E-state index in [2.05, 4.69) is 4.98 Å². The molecule has 0 atom stereocenters. The normalized spacial score (nSPS) is 10.7. The Kier molecular flexibility index (Phi) is 5.63. The molecule has 0 fully saturated rings. The van der Waals surface area contributed by atoms with E-state index in [0.717, 1.165) is 22.6 Å². The molecule has 25 heavy (non-hydrogen) atoms. The number of benzene rings is 2. The van der Waals surface area contributed by atoms with Crippen LogP contribution >= 0.6 is 11.8 Å². The molecule has 0 bridgehead atoms. The van der Waals surface area contributed by atoms with Crippen LogP contribution in [0, 0.1) is 0 Å². The van der Waals surface area contributed by atoms with Gasteiger partial charge in [0.15, 0.2) is 5.76 Å². The Hall–Kier alpha value is -2.44. The lowest BCUT2D eigenvalue weighted by molar-refractivity contribution is 0.201. The van der Waals surface area contributed by atoms with Gasteiger partial charge in [-0.3, -0.25) is 0 Å². The Morgan fingerprint density at radius 2 is 1.64 bits per heavy atom. The van der Waals surface area contributed by atoms with Gasteiger partial charge in [-0.15, -0.1) is 0 Å². The van der Waals surface area contributed by atoms with Crippen molar-refractivity contribution in [2.75, 3.05) is 26.6 Å². The van der Waals surface area contributed by atoms with Crippen molar-refractivity contribution >= 4 is 11.8 Å². The average molecular weight is 357 g/mol. The number of aromatic nitrogens is 1. The van der Waals surface area contributed by atoms with E-state index in [4.69, 9.17) is 19.0 Å². The summed E-state index contributed by atoms with van der Waals surface area (Å²) in [5, 5.41) is 9.44. The average Bonchev–Trinajstić information content (AvgIpc) is 3.11. The van der Waals surface area contributed by atoms with E-state index in [1.54, 1.807) is 7.11 Å². The molecular weight excluding hydrogens is 338 g/mol. The zero-order valence-electron chi connectivity index (χ0n) is 14.1. The minimum atomic E-state index is -0.0114. The summed E-state index contributed by atoms with van der Waals surface area (Å²) in [4.78, 5) is 4.59. The highest BCUT2D eigenvalue weighted by Crippen LogP contribution is 2.36. The predicted molar refractivity (Wildman–Crippen MR) is 98.3 cm³/mol. The van der Waals surface area contributed by atoms with Crippen LogP contribution in [0.3, 0.4) is 0 Å². The van der Waals surface area contributed by atoms with Crippen LogP contribution in [-0.4, -0.2) is 36.7 Å². The molecule has 0 saturated carbocycles. The van der Waals surface area contributed by atoms with Gasteiger partial charge in [-0.25, -0.2) is 4.98 Å². The summed E-state index contributed by atoms with van der Waals surface area (Å²) in [7, 11) is 1.64. The maximum atomic E-state index is 8.83. The molecular formula is C19H19NO4S. The smallest absolute Gasteiger partial charge is 0.256 e. The molecule has 0 unspecified atom stereocenters. The van der Waals surface area contributed by atoms with Crippen LogP contribution in [0.15, 0.2) is 58.2 Å². The van der Waals surface area contributed by atoms with Gasteiger partial charge in [-0.05, 0) is 54.8 Å². The zero-order chi connectivity index (χ0) is 17.6. The quantitative estimate of drug-likeness (QED) is 0.642. The standard InChI is InChI=1S/C19H19NO4S/c1-22-15-7-3-13(4-8-15)17-18(24-19(20-17)25-2)14-5-9-16(10-6-14)23-12-11-21/h3-10,21H,11-12H2,1-2H3. The van der Waals surface area contributed by atoms with Gasteiger partial charge in [0, 0.05) is 11.1 Å². The SMILES string of the molecule is COc1ccc(-c2nc(SC)oc2-c2ccc(OCCO)cc2)cc1. The molecule has 130 valence electrons. The highest BCUT2D eigenvalue weighted by molar-refractivity contribution is 7.98. The Bertz CT molecular complexity index is 812. The van der Waals surface area contributed by atoms with Crippen molar-refractivity contribution in [1.29, 1.82) is 0 Å². The number of hydrogen-bond donors (Lipinski definition) is 1. The minimum absolute atomic E-state index is 0.0114. The first-order chi connectivity index (χ1) is 12.2. The summed E-state index contributed by atoms with van der Waals surface area (Å²) in [6, 6.07) is 15.3. The van der Waals surface area contributed by atoms with Crippen molar-refractivity contribution in [2.45, 2.75) is 5.22 Å². The number of thioether (sulfide) groups is 1. The van der Waals surface area contributed by atoms with Crippen LogP contribution in [-0.2, 0) is 0 Å². The molecule has 0 radical (unpaired) electrons. The lowest BCUT2D eigenvalue weighted by Gasteiger charge is -2.06. The number of aliphatic hydroxyl groups excluding tert-OH is 1. The number of oxazole rings is 1. The highest BCUT2D eigenvalue weighted by atomic mass is 32.2. The van der Waals surface area contributed by atoms with Crippen molar-refractivity contribution in [3.05, 3.63) is 48.5 Å². The number of nitrogens with zero attached hydrogens (tertiary/aromatic N) is 1. The van der Waals surface area contributed by atoms with Crippen molar-refractivity contribution in [3.8, 4) is 34.1 Å². The molecule has 6 heteroatoms. The third kappa shape index (κ3) is 3.97. The van der Waals surface area contributed by atoms with Crippen LogP contribution in [0.5, 0.6) is 11.5 Å². The molecule has 0 spiro atoms. The van der Waals surface area contributed by atoms with Crippen molar-refractivity contribution in [2.24, 2.45) is 0 Å². The van der Waals surface area contributed by atoms with Gasteiger partial charge in [-0.1, -0.05) is 11.8 Å². The molecule has 0 saturated heterocycles. The lowest BCUT2D eigenvalue weighted by atomic mass is 10.1. The highest BCUT2D eigenvalue weighted by Gasteiger charge is 2.17. The Labute approximate surface area is 150 Å². The Morgan fingerprint density at radius 1 is 1.00 bits per heavy atom. The Morgan fingerprint density at radius 3 is 2.24 bits per heavy atom. The number of rotatable bonds is 7. The van der Waals surface area contributed by atoms with E-state index >= 15 is 0 Å². The minimum Gasteiger partial charge on any atom is -0.497 e. The first-order valence-electron chi connectivity index (χ1n) is 7.78. The maximum Gasteiger partial charge on any atom is 0.256 e. The van der Waals surface area contributed by atoms with Crippen LogP contribution in [0.4, 0.5) is 0 Å². The molecule has 0 amide bonds. The van der Waals surface area contributed by atoms with E-state index in [0.29, 0.717) is 16.7 Å². The third-order valence-electron chi connectivity index (χ3n) is 3.62. The second-order valence-corrected chi connectivity index (χ2v) is 5.94. The van der Waals surface area contributed by atoms with E-state index in [1.807, 2.05) is 54.8 Å². The maximum absolute atomic E-state index is 8.83. The lowest BCUT2D eigenvalue weighted by Crippen LogP contribution is -2.01. The number of ether oxygens (including phenoxy) is 2. The zero-order valence-corrected chi connectivity index (χ0v) is 14.9. The first-order valence-corrected chi connectivity index (χ1v) is 9.01. The van der Waals surface area contributed by atoms with Gasteiger partial charge in [0.1, 0.15) is 23.8 Å². The predicted octanol–water partition coefficient (Wildman–Crippen LogP) is 4.11. The molecule has 5 nitrogen and oxygen atoms in total. The van der Waals surface area contributed by atoms with Crippen LogP contribution in [0.1, 0.15) is 0 Å². The number of hydrogen-bond acceptors (Lipinski definition) is 6. The molecule has 1 heterocycles. The molecule has 3 rings (SSSR count). The summed E-state index contributed by atoms with van der Waals surface area (Å²) < 4.78 is 16.5. The Balaban J connectivity index is 1.96. The molecule has 0 aliphatic carbocycles. The molecule has 1 N–H and O–H groups in total. The summed E-state index contributed by atoms with van der Waals surface area (Å²) >= 11 is 1.46. The summed E-state index contributed by atoms with van der Waals surface area (Å²) in [6.45, 7) is 0.262. The molecule has 3 aromatic rings. The van der Waals surface area contributed by atoms with Gasteiger partial charge in [0.2, 0.25) is 0 Å². The topological polar surface area (TPSA) is 64.7 Å². The van der Waals surface area contributed by atoms with Gasteiger partial charge >= 0.3 is 0 Å². The number of methoxy groups -OCH3 is 1. The van der Waals surface area contributed by atoms with Crippen LogP contribution in [0.25, 0.3) is 22.6 Å².